The summed E-state index contributed by atoms with van der Waals surface area (Å²) in [6, 6.07) is -0.302. The fourth-order valence-electron chi connectivity index (χ4n) is 4.17. The second-order valence-corrected chi connectivity index (χ2v) is 8.31. The van der Waals surface area contributed by atoms with E-state index >= 15 is 4.39 Å². The highest BCUT2D eigenvalue weighted by Crippen LogP contribution is 2.44. The van der Waals surface area contributed by atoms with Crippen molar-refractivity contribution in [3.63, 3.8) is 0 Å². The van der Waals surface area contributed by atoms with Gasteiger partial charge in [0.05, 0.1) is 6.61 Å². The summed E-state index contributed by atoms with van der Waals surface area (Å²) in [6.07, 6.45) is 4.41. The number of fused-ring (bicyclic) bond motifs is 1. The van der Waals surface area contributed by atoms with Gasteiger partial charge < -0.3 is 10.1 Å². The lowest BCUT2D eigenvalue weighted by molar-refractivity contribution is -0.148. The van der Waals surface area contributed by atoms with Crippen molar-refractivity contribution in [2.45, 2.75) is 70.5 Å². The molecule has 26 heavy (non-hydrogen) atoms. The average molecular weight is 367 g/mol. The smallest absolute Gasteiger partial charge is 0.323 e. The van der Waals surface area contributed by atoms with E-state index < -0.39 is 5.67 Å². The standard InChI is InChI=1S/C18H30FN5O2/c1-12(2)5-8-26-17(25)15-9-14-10-18(19,6-3-13(14)11-20-15)7-4-16-21-23-24-22-16/h12-15,20H,3-11H2,1-2H3,(H,21,22,23,24)/t13-,14-,15-,18-/m0/s1. The summed E-state index contributed by atoms with van der Waals surface area (Å²) in [5.41, 5.74) is -1.20. The number of carbonyl (C=O) groups excluding carboxylic acids is 1. The Balaban J connectivity index is 1.50. The van der Waals surface area contributed by atoms with Crippen molar-refractivity contribution < 1.29 is 13.9 Å². The van der Waals surface area contributed by atoms with Crippen LogP contribution in [0.2, 0.25) is 0 Å². The summed E-state index contributed by atoms with van der Waals surface area (Å²) in [5, 5.41) is 16.9. The number of aryl methyl sites for hydroxylation is 1. The normalized spacial score (nSPS) is 31.6. The molecular formula is C18H30FN5O2. The van der Waals surface area contributed by atoms with Gasteiger partial charge in [0.15, 0.2) is 0 Å². The van der Waals surface area contributed by atoms with Crippen LogP contribution in [0.1, 0.15) is 58.2 Å². The Kier molecular flexibility index (Phi) is 6.21. The van der Waals surface area contributed by atoms with Crippen LogP contribution < -0.4 is 5.32 Å². The fourth-order valence-corrected chi connectivity index (χ4v) is 4.17. The van der Waals surface area contributed by atoms with Gasteiger partial charge in [-0.3, -0.25) is 4.79 Å². The maximum atomic E-state index is 15.3. The molecule has 146 valence electrons. The molecule has 1 aliphatic heterocycles. The predicted molar refractivity (Wildman–Crippen MR) is 94.0 cm³/mol. The number of piperidine rings is 1. The molecule has 3 rings (SSSR count). The molecule has 2 heterocycles. The number of aromatic amines is 1. The van der Waals surface area contributed by atoms with Crippen LogP contribution in [0.15, 0.2) is 0 Å². The lowest BCUT2D eigenvalue weighted by atomic mass is 9.67. The van der Waals surface area contributed by atoms with Crippen LogP contribution in [-0.4, -0.2) is 51.5 Å². The number of ether oxygens (including phenoxy) is 1. The molecule has 4 atom stereocenters. The molecule has 1 saturated carbocycles. The van der Waals surface area contributed by atoms with Crippen molar-refractivity contribution in [1.29, 1.82) is 0 Å². The number of alkyl halides is 1. The highest BCUT2D eigenvalue weighted by Gasteiger charge is 2.44. The Morgan fingerprint density at radius 1 is 1.42 bits per heavy atom. The average Bonchev–Trinajstić information content (AvgIpc) is 3.12. The SMILES string of the molecule is CC(C)CCOC(=O)[C@@H]1C[C@H]2C[C@@](F)(CCc3nnn[nH]3)CC[C@H]2CN1. The summed E-state index contributed by atoms with van der Waals surface area (Å²) in [4.78, 5) is 12.3. The number of esters is 1. The van der Waals surface area contributed by atoms with Gasteiger partial charge in [0, 0.05) is 6.42 Å². The summed E-state index contributed by atoms with van der Waals surface area (Å²) in [5.74, 6) is 1.63. The first-order chi connectivity index (χ1) is 12.5. The lowest BCUT2D eigenvalue weighted by Gasteiger charge is -2.44. The zero-order valence-corrected chi connectivity index (χ0v) is 15.7. The van der Waals surface area contributed by atoms with E-state index in [-0.39, 0.29) is 17.9 Å². The maximum Gasteiger partial charge on any atom is 0.323 e. The van der Waals surface area contributed by atoms with Crippen molar-refractivity contribution in [3.8, 4) is 0 Å². The van der Waals surface area contributed by atoms with Crippen molar-refractivity contribution in [2.75, 3.05) is 13.2 Å². The molecule has 1 aromatic heterocycles. The van der Waals surface area contributed by atoms with Gasteiger partial charge in [0.2, 0.25) is 0 Å². The number of halogens is 1. The van der Waals surface area contributed by atoms with Gasteiger partial charge in [-0.1, -0.05) is 13.8 Å². The number of H-pyrrole nitrogens is 1. The molecule has 0 spiro atoms. The van der Waals surface area contributed by atoms with E-state index in [1.54, 1.807) is 0 Å². The van der Waals surface area contributed by atoms with Crippen LogP contribution >= 0.6 is 0 Å². The first kappa shape index (κ1) is 19.2. The van der Waals surface area contributed by atoms with E-state index in [9.17, 15) is 4.79 Å². The van der Waals surface area contributed by atoms with Gasteiger partial charge in [-0.2, -0.15) is 0 Å². The zero-order valence-electron chi connectivity index (χ0n) is 15.7. The molecule has 2 N–H and O–H groups in total. The lowest BCUT2D eigenvalue weighted by Crippen LogP contribution is -2.52. The van der Waals surface area contributed by atoms with Gasteiger partial charge >= 0.3 is 5.97 Å². The molecule has 0 aromatic carbocycles. The molecule has 1 saturated heterocycles. The van der Waals surface area contributed by atoms with Crippen LogP contribution in [0.4, 0.5) is 4.39 Å². The topological polar surface area (TPSA) is 92.8 Å². The van der Waals surface area contributed by atoms with E-state index in [1.165, 1.54) is 0 Å². The summed E-state index contributed by atoms with van der Waals surface area (Å²) in [7, 11) is 0. The molecule has 1 aromatic rings. The van der Waals surface area contributed by atoms with Crippen LogP contribution in [0.5, 0.6) is 0 Å². The Bertz CT molecular complexity index is 582. The van der Waals surface area contributed by atoms with E-state index in [4.69, 9.17) is 4.74 Å². The molecule has 7 nitrogen and oxygen atoms in total. The van der Waals surface area contributed by atoms with Crippen LogP contribution in [0.25, 0.3) is 0 Å². The second kappa shape index (κ2) is 8.41. The van der Waals surface area contributed by atoms with E-state index in [0.29, 0.717) is 56.4 Å². The Morgan fingerprint density at radius 3 is 3.00 bits per heavy atom. The van der Waals surface area contributed by atoms with E-state index in [1.807, 2.05) is 0 Å². The minimum Gasteiger partial charge on any atom is -0.465 e. The number of aromatic nitrogens is 4. The predicted octanol–water partition coefficient (Wildman–Crippen LogP) is 2.21. The van der Waals surface area contributed by atoms with Gasteiger partial charge in [-0.05, 0) is 73.3 Å². The molecule has 2 fully saturated rings. The van der Waals surface area contributed by atoms with Gasteiger partial charge in [0.25, 0.3) is 0 Å². The van der Waals surface area contributed by atoms with Crippen LogP contribution in [-0.2, 0) is 16.0 Å². The third-order valence-corrected chi connectivity index (χ3v) is 5.85. The van der Waals surface area contributed by atoms with Crippen molar-refractivity contribution in [1.82, 2.24) is 25.9 Å². The molecular weight excluding hydrogens is 337 g/mol. The Morgan fingerprint density at radius 2 is 2.27 bits per heavy atom. The summed E-state index contributed by atoms with van der Waals surface area (Å²) < 4.78 is 20.7. The Hall–Kier alpha value is -1.57. The highest BCUT2D eigenvalue weighted by atomic mass is 19.1. The minimum absolute atomic E-state index is 0.188. The number of nitrogens with zero attached hydrogens (tertiary/aromatic N) is 3. The first-order valence-electron chi connectivity index (χ1n) is 9.77. The zero-order chi connectivity index (χ0) is 18.6. The van der Waals surface area contributed by atoms with E-state index in [0.717, 1.165) is 19.4 Å². The molecule has 0 radical (unpaired) electrons. The molecule has 1 aliphatic carbocycles. The number of hydrogen-bond donors (Lipinski definition) is 2. The highest BCUT2D eigenvalue weighted by molar-refractivity contribution is 5.75. The number of carbonyl (C=O) groups is 1. The quantitative estimate of drug-likeness (QED) is 0.718. The maximum absolute atomic E-state index is 15.3. The number of hydrogen-bond acceptors (Lipinski definition) is 6. The van der Waals surface area contributed by atoms with Crippen LogP contribution in [0.3, 0.4) is 0 Å². The summed E-state index contributed by atoms with van der Waals surface area (Å²) >= 11 is 0. The van der Waals surface area contributed by atoms with Crippen molar-refractivity contribution in [3.05, 3.63) is 5.82 Å². The monoisotopic (exact) mass is 367 g/mol. The third kappa shape index (κ3) is 4.99. The molecule has 0 unspecified atom stereocenters. The molecule has 2 aliphatic rings. The fraction of sp³-hybridized carbons (Fsp3) is 0.889. The van der Waals surface area contributed by atoms with Gasteiger partial charge in [0.1, 0.15) is 17.5 Å². The third-order valence-electron chi connectivity index (χ3n) is 5.85. The second-order valence-electron chi connectivity index (χ2n) is 8.31. The molecule has 0 bridgehead atoms. The van der Waals surface area contributed by atoms with Crippen LogP contribution in [0, 0.1) is 17.8 Å². The van der Waals surface area contributed by atoms with Crippen molar-refractivity contribution in [2.24, 2.45) is 17.8 Å². The number of nitrogens with one attached hydrogen (secondary N) is 2. The molecule has 0 amide bonds. The Labute approximate surface area is 153 Å². The first-order valence-corrected chi connectivity index (χ1v) is 9.77. The van der Waals surface area contributed by atoms with Gasteiger partial charge in [-0.15, -0.1) is 5.10 Å². The number of tetrazole rings is 1. The van der Waals surface area contributed by atoms with Crippen molar-refractivity contribution >= 4 is 5.97 Å². The largest absolute Gasteiger partial charge is 0.465 e. The number of rotatable bonds is 7. The minimum atomic E-state index is -1.20. The molecule has 8 heteroatoms. The summed E-state index contributed by atoms with van der Waals surface area (Å²) in [6.45, 7) is 5.45. The van der Waals surface area contributed by atoms with Gasteiger partial charge in [-0.25, -0.2) is 9.49 Å². The van der Waals surface area contributed by atoms with E-state index in [2.05, 4.69) is 39.8 Å².